The molecular formula is C77H147NO5. The second kappa shape index (κ2) is 72.6. The van der Waals surface area contributed by atoms with Crippen molar-refractivity contribution in [1.82, 2.24) is 5.32 Å². The number of amides is 1. The van der Waals surface area contributed by atoms with Gasteiger partial charge in [-0.3, -0.25) is 9.59 Å². The summed E-state index contributed by atoms with van der Waals surface area (Å²) in [5.41, 5.74) is 0. The van der Waals surface area contributed by atoms with Crippen LogP contribution < -0.4 is 5.32 Å². The number of hydrogen-bond acceptors (Lipinski definition) is 5. The van der Waals surface area contributed by atoms with Gasteiger partial charge in [-0.15, -0.1) is 0 Å². The quantitative estimate of drug-likeness (QED) is 0.0320. The number of esters is 1. The first-order chi connectivity index (χ1) is 41.0. The molecule has 0 bridgehead atoms. The van der Waals surface area contributed by atoms with E-state index >= 15 is 0 Å². The van der Waals surface area contributed by atoms with Crippen molar-refractivity contribution < 1.29 is 24.5 Å². The molecular weight excluding hydrogens is 1020 g/mol. The first-order valence-corrected chi connectivity index (χ1v) is 37.8. The molecule has 6 nitrogen and oxygen atoms in total. The molecule has 6 heteroatoms. The molecule has 3 N–H and O–H groups in total. The normalized spacial score (nSPS) is 12.7. The van der Waals surface area contributed by atoms with Gasteiger partial charge in [0.1, 0.15) is 0 Å². The van der Waals surface area contributed by atoms with Gasteiger partial charge in [0.2, 0.25) is 5.91 Å². The summed E-state index contributed by atoms with van der Waals surface area (Å²) >= 11 is 0. The highest BCUT2D eigenvalue weighted by Gasteiger charge is 2.18. The number of hydrogen-bond donors (Lipinski definition) is 3. The van der Waals surface area contributed by atoms with Gasteiger partial charge in [-0.25, -0.2) is 0 Å². The molecule has 0 heterocycles. The van der Waals surface area contributed by atoms with Gasteiger partial charge in [0.15, 0.2) is 0 Å². The molecule has 0 spiro atoms. The van der Waals surface area contributed by atoms with Crippen molar-refractivity contribution >= 4 is 11.9 Å². The summed E-state index contributed by atoms with van der Waals surface area (Å²) in [7, 11) is 0. The molecule has 0 aromatic carbocycles. The van der Waals surface area contributed by atoms with Crippen molar-refractivity contribution in [2.24, 2.45) is 0 Å². The summed E-state index contributed by atoms with van der Waals surface area (Å²) in [6.07, 6.45) is 94.0. The van der Waals surface area contributed by atoms with Crippen molar-refractivity contribution in [2.75, 3.05) is 13.2 Å². The molecule has 0 aromatic heterocycles. The minimum Gasteiger partial charge on any atom is -0.466 e. The predicted molar refractivity (Wildman–Crippen MR) is 366 cm³/mol. The first kappa shape index (κ1) is 81.1. The molecule has 0 aromatic rings. The Morgan fingerprint density at radius 2 is 0.566 bits per heavy atom. The standard InChI is InChI=1S/C77H147NO5/c1-3-5-7-9-11-13-15-17-18-19-40-43-47-51-55-59-63-67-71-77(82)83-72-68-64-60-56-52-48-44-41-38-36-34-32-30-28-26-24-22-20-21-23-25-27-29-31-33-35-37-39-42-46-50-54-58-62-66-70-76(81)78-74(73-79)75(80)69-65-61-57-53-49-45-16-14-12-10-8-6-4-2/h18-19,22,24,65,69,74-75,79-80H,3-17,20-21,23,25-64,66-68,70-73H2,1-2H3,(H,78,81)/b19-18-,24-22-,69-65+. The number of rotatable bonds is 71. The zero-order chi connectivity index (χ0) is 59.9. The fourth-order valence-corrected chi connectivity index (χ4v) is 11.9. The Balaban J connectivity index is 3.33. The Bertz CT molecular complexity index is 1340. The lowest BCUT2D eigenvalue weighted by molar-refractivity contribution is -0.143. The van der Waals surface area contributed by atoms with E-state index in [1.54, 1.807) is 6.08 Å². The van der Waals surface area contributed by atoms with E-state index in [1.807, 2.05) is 6.08 Å². The van der Waals surface area contributed by atoms with Crippen LogP contribution in [0.4, 0.5) is 0 Å². The molecule has 0 aliphatic carbocycles. The van der Waals surface area contributed by atoms with Crippen LogP contribution in [0.3, 0.4) is 0 Å². The van der Waals surface area contributed by atoms with E-state index < -0.39 is 12.1 Å². The number of carbonyl (C=O) groups is 2. The third kappa shape index (κ3) is 69.1. The lowest BCUT2D eigenvalue weighted by atomic mass is 10.0. The summed E-state index contributed by atoms with van der Waals surface area (Å²) in [4.78, 5) is 24.6. The minimum atomic E-state index is -0.841. The Morgan fingerprint density at radius 3 is 0.855 bits per heavy atom. The van der Waals surface area contributed by atoms with E-state index in [0.29, 0.717) is 19.4 Å². The van der Waals surface area contributed by atoms with Gasteiger partial charge in [-0.05, 0) is 83.5 Å². The van der Waals surface area contributed by atoms with E-state index in [-0.39, 0.29) is 18.5 Å². The summed E-state index contributed by atoms with van der Waals surface area (Å²) in [5, 5.41) is 23.1. The van der Waals surface area contributed by atoms with Crippen molar-refractivity contribution in [3.8, 4) is 0 Å². The lowest BCUT2D eigenvalue weighted by Crippen LogP contribution is -2.45. The van der Waals surface area contributed by atoms with Crippen LogP contribution in [0.25, 0.3) is 0 Å². The minimum absolute atomic E-state index is 0.0176. The Kier molecular flexibility index (Phi) is 70.9. The van der Waals surface area contributed by atoms with Gasteiger partial charge >= 0.3 is 5.97 Å². The molecule has 490 valence electrons. The Hall–Kier alpha value is -1.92. The maximum Gasteiger partial charge on any atom is 0.305 e. The molecule has 0 rings (SSSR count). The van der Waals surface area contributed by atoms with Crippen molar-refractivity contribution in [3.05, 3.63) is 36.5 Å². The molecule has 0 fully saturated rings. The largest absolute Gasteiger partial charge is 0.466 e. The van der Waals surface area contributed by atoms with Crippen LogP contribution in [0.5, 0.6) is 0 Å². The van der Waals surface area contributed by atoms with Crippen LogP contribution >= 0.6 is 0 Å². The maximum atomic E-state index is 12.5. The lowest BCUT2D eigenvalue weighted by Gasteiger charge is -2.20. The van der Waals surface area contributed by atoms with Gasteiger partial charge in [-0.2, -0.15) is 0 Å². The van der Waals surface area contributed by atoms with Crippen LogP contribution in [-0.4, -0.2) is 47.4 Å². The van der Waals surface area contributed by atoms with Gasteiger partial charge in [0, 0.05) is 12.8 Å². The summed E-state index contributed by atoms with van der Waals surface area (Å²) in [5.74, 6) is -0.0453. The predicted octanol–water partition coefficient (Wildman–Crippen LogP) is 24.7. The Labute approximate surface area is 519 Å². The van der Waals surface area contributed by atoms with Crippen LogP contribution in [0.2, 0.25) is 0 Å². The van der Waals surface area contributed by atoms with Crippen molar-refractivity contribution in [2.45, 2.75) is 431 Å². The van der Waals surface area contributed by atoms with E-state index in [4.69, 9.17) is 4.74 Å². The fraction of sp³-hybridized carbons (Fsp3) is 0.896. The topological polar surface area (TPSA) is 95.9 Å². The number of carbonyl (C=O) groups excluding carboxylic acids is 2. The average Bonchev–Trinajstić information content (AvgIpc) is 3.49. The smallest absolute Gasteiger partial charge is 0.305 e. The second-order valence-corrected chi connectivity index (χ2v) is 26.0. The third-order valence-corrected chi connectivity index (χ3v) is 17.6. The molecule has 0 radical (unpaired) electrons. The van der Waals surface area contributed by atoms with Crippen molar-refractivity contribution in [3.63, 3.8) is 0 Å². The van der Waals surface area contributed by atoms with Crippen LogP contribution in [0, 0.1) is 0 Å². The molecule has 83 heavy (non-hydrogen) atoms. The number of aliphatic hydroxyl groups is 2. The molecule has 2 atom stereocenters. The number of unbranched alkanes of at least 4 members (excludes halogenated alkanes) is 56. The van der Waals surface area contributed by atoms with Gasteiger partial charge < -0.3 is 20.3 Å². The van der Waals surface area contributed by atoms with Crippen LogP contribution in [0.15, 0.2) is 36.5 Å². The molecule has 2 unspecified atom stereocenters. The van der Waals surface area contributed by atoms with Crippen LogP contribution in [-0.2, 0) is 14.3 Å². The highest BCUT2D eigenvalue weighted by molar-refractivity contribution is 5.76. The third-order valence-electron chi connectivity index (χ3n) is 17.6. The number of nitrogens with one attached hydrogen (secondary N) is 1. The van der Waals surface area contributed by atoms with Gasteiger partial charge in [0.25, 0.3) is 0 Å². The Morgan fingerprint density at radius 1 is 0.325 bits per heavy atom. The SMILES string of the molecule is CCCCCCCCC/C=C\CCCCCCCCCC(=O)OCCCCCCCCCCCCCCCC/C=C\CCCCCCCCCCCCCCCCCCCC(=O)NC(CO)C(O)/C=C/CCCCCCCCCCCCC. The van der Waals surface area contributed by atoms with Crippen LogP contribution in [0.1, 0.15) is 418 Å². The van der Waals surface area contributed by atoms with E-state index in [2.05, 4.69) is 43.5 Å². The van der Waals surface area contributed by atoms with Gasteiger partial charge in [-0.1, -0.05) is 359 Å². The summed E-state index contributed by atoms with van der Waals surface area (Å²) < 4.78 is 5.51. The highest BCUT2D eigenvalue weighted by Crippen LogP contribution is 2.19. The molecule has 0 saturated carbocycles. The molecule has 0 aliphatic heterocycles. The van der Waals surface area contributed by atoms with Gasteiger partial charge in [0.05, 0.1) is 25.4 Å². The summed E-state index contributed by atoms with van der Waals surface area (Å²) in [6, 6.07) is -0.624. The van der Waals surface area contributed by atoms with E-state index in [0.717, 1.165) is 44.9 Å². The first-order valence-electron chi connectivity index (χ1n) is 37.8. The number of allylic oxidation sites excluding steroid dienone is 5. The monoisotopic (exact) mass is 1170 g/mol. The maximum absolute atomic E-state index is 12.5. The zero-order valence-electron chi connectivity index (χ0n) is 56.2. The molecule has 0 saturated heterocycles. The van der Waals surface area contributed by atoms with E-state index in [1.165, 1.54) is 347 Å². The highest BCUT2D eigenvalue weighted by atomic mass is 16.5. The summed E-state index contributed by atoms with van der Waals surface area (Å²) in [6.45, 7) is 4.93. The zero-order valence-corrected chi connectivity index (χ0v) is 56.2. The fourth-order valence-electron chi connectivity index (χ4n) is 11.9. The second-order valence-electron chi connectivity index (χ2n) is 26.0. The molecule has 0 aliphatic rings. The number of aliphatic hydroxyl groups excluding tert-OH is 2. The van der Waals surface area contributed by atoms with E-state index in [9.17, 15) is 19.8 Å². The van der Waals surface area contributed by atoms with Crippen molar-refractivity contribution in [1.29, 1.82) is 0 Å². The molecule has 1 amide bonds. The number of ether oxygens (including phenoxy) is 1. The average molecular weight is 1170 g/mol.